The molecule has 0 saturated carbocycles. The topological polar surface area (TPSA) is 96.4 Å². The van der Waals surface area contributed by atoms with Gasteiger partial charge in [0.05, 0.1) is 35.9 Å². The van der Waals surface area contributed by atoms with Gasteiger partial charge in [-0.05, 0) is 44.9 Å². The maximum absolute atomic E-state index is 13.6. The minimum atomic E-state index is -4.18. The van der Waals surface area contributed by atoms with Crippen LogP contribution in [0.4, 0.5) is 14.5 Å². The number of carbonyl (C=O) groups excluding carboxylic acids is 1. The molecule has 0 aromatic heterocycles. The number of aliphatic hydroxyl groups is 1. The van der Waals surface area contributed by atoms with Gasteiger partial charge in [0.15, 0.2) is 0 Å². The number of ether oxygens (including phenoxy) is 2. The number of alkyl halides is 2. The Morgan fingerprint density at radius 3 is 2.48 bits per heavy atom. The molecule has 0 atom stereocenters. The first-order chi connectivity index (χ1) is 14.4. The zero-order valence-corrected chi connectivity index (χ0v) is 18.3. The number of sulfonamides is 1. The zero-order valence-electron chi connectivity index (χ0n) is 17.4. The van der Waals surface area contributed by atoms with Gasteiger partial charge >= 0.3 is 0 Å². The monoisotopic (exact) mass is 460 g/mol. The predicted octanol–water partition coefficient (Wildman–Crippen LogP) is 1.81. The number of halogens is 2. The number of nitrogens with zero attached hydrogens (tertiary/aromatic N) is 2. The molecular weight excluding hydrogens is 434 g/mol. The SMILES string of the molecule is CC(C)(O)CCN1C(=O)C2(OCCCO2)c2cc(S(=O)(=O)N3CCC(F)(F)C3)ccc21. The largest absolute Gasteiger partial charge is 0.390 e. The first-order valence-corrected chi connectivity index (χ1v) is 11.6. The van der Waals surface area contributed by atoms with Crippen molar-refractivity contribution in [2.45, 2.75) is 55.3 Å². The van der Waals surface area contributed by atoms with Crippen molar-refractivity contribution >= 4 is 21.6 Å². The van der Waals surface area contributed by atoms with Crippen LogP contribution >= 0.6 is 0 Å². The van der Waals surface area contributed by atoms with E-state index in [1.165, 1.54) is 23.1 Å². The van der Waals surface area contributed by atoms with Gasteiger partial charge in [0, 0.05) is 25.1 Å². The van der Waals surface area contributed by atoms with Crippen LogP contribution in [-0.4, -0.2) is 68.1 Å². The Balaban J connectivity index is 1.74. The molecule has 8 nitrogen and oxygen atoms in total. The van der Waals surface area contributed by atoms with E-state index in [0.29, 0.717) is 12.1 Å². The summed E-state index contributed by atoms with van der Waals surface area (Å²) < 4.78 is 65.5. The first kappa shape index (κ1) is 22.5. The van der Waals surface area contributed by atoms with Gasteiger partial charge < -0.3 is 19.5 Å². The van der Waals surface area contributed by atoms with E-state index in [1.54, 1.807) is 13.8 Å². The minimum Gasteiger partial charge on any atom is -0.390 e. The zero-order chi connectivity index (χ0) is 22.7. The molecule has 2 saturated heterocycles. The molecule has 0 bridgehead atoms. The van der Waals surface area contributed by atoms with Crippen LogP contribution in [0, 0.1) is 0 Å². The highest BCUT2D eigenvalue weighted by Crippen LogP contribution is 2.46. The molecule has 1 amide bonds. The Morgan fingerprint density at radius 2 is 1.90 bits per heavy atom. The number of carbonyl (C=O) groups is 1. The molecule has 11 heteroatoms. The van der Waals surface area contributed by atoms with E-state index >= 15 is 0 Å². The van der Waals surface area contributed by atoms with Crippen LogP contribution in [0.1, 0.15) is 38.7 Å². The summed E-state index contributed by atoms with van der Waals surface area (Å²) in [4.78, 5) is 14.5. The highest BCUT2D eigenvalue weighted by atomic mass is 32.2. The van der Waals surface area contributed by atoms with E-state index in [2.05, 4.69) is 0 Å². The fourth-order valence-electron chi connectivity index (χ4n) is 4.05. The minimum absolute atomic E-state index is 0.175. The average Bonchev–Trinajstić information content (AvgIpc) is 3.17. The molecule has 0 unspecified atom stereocenters. The Morgan fingerprint density at radius 1 is 1.23 bits per heavy atom. The van der Waals surface area contributed by atoms with Crippen LogP contribution in [0.25, 0.3) is 0 Å². The maximum Gasteiger partial charge on any atom is 0.292 e. The summed E-state index contributed by atoms with van der Waals surface area (Å²) in [6.45, 7) is 2.77. The van der Waals surface area contributed by atoms with Gasteiger partial charge in [-0.1, -0.05) is 0 Å². The molecule has 1 aromatic carbocycles. The van der Waals surface area contributed by atoms with E-state index in [4.69, 9.17) is 9.47 Å². The predicted molar refractivity (Wildman–Crippen MR) is 106 cm³/mol. The quantitative estimate of drug-likeness (QED) is 0.720. The molecule has 3 aliphatic rings. The number of hydrogen-bond donors (Lipinski definition) is 1. The van der Waals surface area contributed by atoms with Crippen molar-refractivity contribution in [2.24, 2.45) is 0 Å². The fourth-order valence-corrected chi connectivity index (χ4v) is 5.55. The van der Waals surface area contributed by atoms with Gasteiger partial charge in [-0.25, -0.2) is 17.2 Å². The molecule has 3 heterocycles. The lowest BCUT2D eigenvalue weighted by Gasteiger charge is -2.33. The highest BCUT2D eigenvalue weighted by molar-refractivity contribution is 7.89. The van der Waals surface area contributed by atoms with E-state index in [-0.39, 0.29) is 43.2 Å². The molecule has 172 valence electrons. The summed E-state index contributed by atoms with van der Waals surface area (Å²) >= 11 is 0. The van der Waals surface area contributed by atoms with Crippen molar-refractivity contribution in [1.29, 1.82) is 0 Å². The summed E-state index contributed by atoms with van der Waals surface area (Å²) in [6, 6.07) is 4.06. The Hall–Kier alpha value is -1.66. The molecule has 1 spiro atoms. The Labute approximate surface area is 179 Å². The van der Waals surface area contributed by atoms with Crippen molar-refractivity contribution in [2.75, 3.05) is 37.7 Å². The van der Waals surface area contributed by atoms with Crippen LogP contribution < -0.4 is 4.90 Å². The third kappa shape index (κ3) is 3.97. The summed E-state index contributed by atoms with van der Waals surface area (Å²) in [5.41, 5.74) is -0.365. The number of fused-ring (bicyclic) bond motifs is 2. The fraction of sp³-hybridized carbons (Fsp3) is 0.650. The number of hydrogen-bond acceptors (Lipinski definition) is 6. The summed E-state index contributed by atoms with van der Waals surface area (Å²) in [5, 5.41) is 10.1. The van der Waals surface area contributed by atoms with Crippen LogP contribution in [0.3, 0.4) is 0 Å². The second-order valence-electron chi connectivity index (χ2n) is 8.81. The molecule has 0 radical (unpaired) electrons. The number of anilines is 1. The van der Waals surface area contributed by atoms with Crippen LogP contribution in [0.15, 0.2) is 23.1 Å². The molecule has 31 heavy (non-hydrogen) atoms. The third-order valence-electron chi connectivity index (χ3n) is 5.76. The van der Waals surface area contributed by atoms with Gasteiger partial charge in [-0.15, -0.1) is 0 Å². The number of rotatable bonds is 5. The number of benzene rings is 1. The first-order valence-electron chi connectivity index (χ1n) is 10.2. The second kappa shape index (κ2) is 7.45. The normalized spacial score (nSPS) is 23.5. The molecule has 3 aliphatic heterocycles. The van der Waals surface area contributed by atoms with Gasteiger partial charge in [0.1, 0.15) is 0 Å². The second-order valence-corrected chi connectivity index (χ2v) is 10.7. The molecule has 0 aliphatic carbocycles. The third-order valence-corrected chi connectivity index (χ3v) is 7.60. The van der Waals surface area contributed by atoms with Gasteiger partial charge in [-0.3, -0.25) is 4.79 Å². The van der Waals surface area contributed by atoms with E-state index < -0.39 is 46.2 Å². The summed E-state index contributed by atoms with van der Waals surface area (Å²) in [7, 11) is -4.18. The molecular formula is C20H26F2N2O6S. The maximum atomic E-state index is 13.6. The highest BCUT2D eigenvalue weighted by Gasteiger charge is 2.55. The standard InChI is InChI=1S/C20H26F2N2O6S/c1-18(2,26)6-9-24-16-5-4-14(31(27,28)23-8-7-19(21,22)13-23)12-15(16)20(17(24)25)29-10-3-11-30-20/h4-5,12,26H,3,6-11,13H2,1-2H3. The average molecular weight is 460 g/mol. The van der Waals surface area contributed by atoms with Gasteiger partial charge in [0.25, 0.3) is 17.6 Å². The molecule has 4 rings (SSSR count). The van der Waals surface area contributed by atoms with Crippen LogP contribution in [0.5, 0.6) is 0 Å². The van der Waals surface area contributed by atoms with Crippen LogP contribution in [-0.2, 0) is 30.1 Å². The van der Waals surface area contributed by atoms with Crippen molar-refractivity contribution in [3.8, 4) is 0 Å². The Bertz CT molecular complexity index is 986. The van der Waals surface area contributed by atoms with Crippen molar-refractivity contribution in [1.82, 2.24) is 4.31 Å². The molecule has 2 fully saturated rings. The van der Waals surface area contributed by atoms with Crippen LogP contribution in [0.2, 0.25) is 0 Å². The lowest BCUT2D eigenvalue weighted by molar-refractivity contribution is -0.256. The van der Waals surface area contributed by atoms with Crippen molar-refractivity contribution < 1.29 is 36.6 Å². The smallest absolute Gasteiger partial charge is 0.292 e. The lowest BCUT2D eigenvalue weighted by atomic mass is 10.1. The Kier molecular flexibility index (Phi) is 5.41. The van der Waals surface area contributed by atoms with Crippen molar-refractivity contribution in [3.63, 3.8) is 0 Å². The van der Waals surface area contributed by atoms with E-state index in [1.807, 2.05) is 0 Å². The molecule has 1 N–H and O–H groups in total. The molecule has 1 aromatic rings. The lowest BCUT2D eigenvalue weighted by Crippen LogP contribution is -2.48. The van der Waals surface area contributed by atoms with E-state index in [9.17, 15) is 27.1 Å². The van der Waals surface area contributed by atoms with E-state index in [0.717, 1.165) is 4.31 Å². The van der Waals surface area contributed by atoms with Gasteiger partial charge in [0.2, 0.25) is 10.0 Å². The van der Waals surface area contributed by atoms with Crippen molar-refractivity contribution in [3.05, 3.63) is 23.8 Å². The number of amides is 1. The summed E-state index contributed by atoms with van der Waals surface area (Å²) in [6.07, 6.45) is 0.322. The van der Waals surface area contributed by atoms with Gasteiger partial charge in [-0.2, -0.15) is 4.31 Å². The summed E-state index contributed by atoms with van der Waals surface area (Å²) in [5.74, 6) is -5.33.